The summed E-state index contributed by atoms with van der Waals surface area (Å²) in [6.45, 7) is 0. The van der Waals surface area contributed by atoms with E-state index < -0.39 is 11.9 Å². The summed E-state index contributed by atoms with van der Waals surface area (Å²) < 4.78 is 9.45. The largest absolute Gasteiger partial charge is 0.465 e. The zero-order valence-corrected chi connectivity index (χ0v) is 13.8. The van der Waals surface area contributed by atoms with Gasteiger partial charge in [-0.25, -0.2) is 9.59 Å². The van der Waals surface area contributed by atoms with Gasteiger partial charge in [-0.05, 0) is 49.3 Å². The number of benzene rings is 1. The van der Waals surface area contributed by atoms with E-state index in [2.05, 4.69) is 5.32 Å². The molecule has 1 amide bonds. The van der Waals surface area contributed by atoms with E-state index in [0.29, 0.717) is 11.8 Å². The van der Waals surface area contributed by atoms with Gasteiger partial charge in [0, 0.05) is 5.92 Å². The second-order valence-electron chi connectivity index (χ2n) is 6.51. The molecular weight excluding hydrogens is 310 g/mol. The smallest absolute Gasteiger partial charge is 0.339 e. The molecule has 128 valence electrons. The van der Waals surface area contributed by atoms with Crippen LogP contribution < -0.4 is 5.32 Å². The number of rotatable bonds is 4. The van der Waals surface area contributed by atoms with E-state index in [9.17, 15) is 14.4 Å². The topological polar surface area (TPSA) is 81.7 Å². The Hall–Kier alpha value is -2.37. The number of carbonyl (C=O) groups is 3. The van der Waals surface area contributed by atoms with Crippen molar-refractivity contribution in [3.8, 4) is 0 Å². The van der Waals surface area contributed by atoms with Gasteiger partial charge in [-0.15, -0.1) is 0 Å². The molecule has 2 aliphatic rings. The highest BCUT2D eigenvalue weighted by Gasteiger charge is 2.43. The van der Waals surface area contributed by atoms with Crippen LogP contribution in [0.4, 0.5) is 5.69 Å². The molecule has 6 nitrogen and oxygen atoms in total. The van der Waals surface area contributed by atoms with Gasteiger partial charge in [-0.3, -0.25) is 4.79 Å². The van der Waals surface area contributed by atoms with Gasteiger partial charge in [-0.2, -0.15) is 0 Å². The fraction of sp³-hybridized carbons (Fsp3) is 0.500. The number of ether oxygens (including phenoxy) is 2. The highest BCUT2D eigenvalue weighted by molar-refractivity contribution is 6.04. The van der Waals surface area contributed by atoms with Gasteiger partial charge < -0.3 is 14.8 Å². The SMILES string of the molecule is COC(=O)c1ccc(C(=O)OC)c(NC(=O)[C@H]2C[C@@H]3CC[C@@H]2C3)c1. The van der Waals surface area contributed by atoms with Crippen molar-refractivity contribution in [2.24, 2.45) is 17.8 Å². The third-order valence-electron chi connectivity index (χ3n) is 5.18. The first-order chi connectivity index (χ1) is 11.5. The van der Waals surface area contributed by atoms with Crippen LogP contribution in [0.1, 0.15) is 46.4 Å². The predicted molar refractivity (Wildman–Crippen MR) is 86.7 cm³/mol. The quantitative estimate of drug-likeness (QED) is 0.858. The molecule has 0 radical (unpaired) electrons. The molecule has 24 heavy (non-hydrogen) atoms. The molecule has 2 fully saturated rings. The molecule has 0 saturated heterocycles. The number of methoxy groups -OCH3 is 2. The lowest BCUT2D eigenvalue weighted by atomic mass is 9.88. The van der Waals surface area contributed by atoms with Crippen molar-refractivity contribution in [1.29, 1.82) is 0 Å². The van der Waals surface area contributed by atoms with Crippen molar-refractivity contribution in [2.75, 3.05) is 19.5 Å². The minimum Gasteiger partial charge on any atom is -0.465 e. The summed E-state index contributed by atoms with van der Waals surface area (Å²) in [6.07, 6.45) is 4.32. The van der Waals surface area contributed by atoms with Crippen LogP contribution in [0.2, 0.25) is 0 Å². The Morgan fingerprint density at radius 2 is 1.79 bits per heavy atom. The first kappa shape index (κ1) is 16.5. The van der Waals surface area contributed by atoms with Crippen LogP contribution in [-0.2, 0) is 14.3 Å². The Morgan fingerprint density at radius 3 is 2.38 bits per heavy atom. The zero-order chi connectivity index (χ0) is 17.3. The molecule has 0 heterocycles. The summed E-state index contributed by atoms with van der Waals surface area (Å²) >= 11 is 0. The average molecular weight is 331 g/mol. The zero-order valence-electron chi connectivity index (χ0n) is 13.8. The van der Waals surface area contributed by atoms with E-state index in [-0.39, 0.29) is 28.6 Å². The van der Waals surface area contributed by atoms with Gasteiger partial charge >= 0.3 is 11.9 Å². The third-order valence-corrected chi connectivity index (χ3v) is 5.18. The Labute approximate surface area is 140 Å². The van der Waals surface area contributed by atoms with Crippen molar-refractivity contribution < 1.29 is 23.9 Å². The normalized spacial score (nSPS) is 24.5. The maximum atomic E-state index is 12.6. The number of hydrogen-bond acceptors (Lipinski definition) is 5. The second-order valence-corrected chi connectivity index (χ2v) is 6.51. The van der Waals surface area contributed by atoms with Gasteiger partial charge in [0.15, 0.2) is 0 Å². The summed E-state index contributed by atoms with van der Waals surface area (Å²) in [6, 6.07) is 4.41. The number of amides is 1. The van der Waals surface area contributed by atoms with E-state index in [1.165, 1.54) is 38.8 Å². The summed E-state index contributed by atoms with van der Waals surface area (Å²) in [5.41, 5.74) is 0.785. The lowest BCUT2D eigenvalue weighted by Crippen LogP contribution is -2.28. The molecule has 6 heteroatoms. The number of esters is 2. The van der Waals surface area contributed by atoms with Crippen LogP contribution in [0.5, 0.6) is 0 Å². The van der Waals surface area contributed by atoms with Crippen molar-refractivity contribution in [3.63, 3.8) is 0 Å². The monoisotopic (exact) mass is 331 g/mol. The number of fused-ring (bicyclic) bond motifs is 2. The van der Waals surface area contributed by atoms with Crippen molar-refractivity contribution in [1.82, 2.24) is 0 Å². The summed E-state index contributed by atoms with van der Waals surface area (Å²) in [5.74, 6) is -0.116. The Balaban J connectivity index is 1.85. The predicted octanol–water partition coefficient (Wildman–Crippen LogP) is 2.63. The lowest BCUT2D eigenvalue weighted by molar-refractivity contribution is -0.121. The first-order valence-corrected chi connectivity index (χ1v) is 8.15. The Kier molecular flexibility index (Phi) is 4.55. The van der Waals surface area contributed by atoms with E-state index in [0.717, 1.165) is 19.3 Å². The van der Waals surface area contributed by atoms with Crippen LogP contribution >= 0.6 is 0 Å². The van der Waals surface area contributed by atoms with E-state index in [1.807, 2.05) is 0 Å². The van der Waals surface area contributed by atoms with Crippen LogP contribution in [0.3, 0.4) is 0 Å². The van der Waals surface area contributed by atoms with Crippen molar-refractivity contribution >= 4 is 23.5 Å². The van der Waals surface area contributed by atoms with Gasteiger partial charge in [0.05, 0.1) is 31.0 Å². The van der Waals surface area contributed by atoms with Gasteiger partial charge in [0.1, 0.15) is 0 Å². The molecule has 2 bridgehead atoms. The van der Waals surface area contributed by atoms with Gasteiger partial charge in [0.25, 0.3) is 0 Å². The fourth-order valence-electron chi connectivity index (χ4n) is 3.97. The minimum atomic E-state index is -0.561. The lowest BCUT2D eigenvalue weighted by Gasteiger charge is -2.21. The van der Waals surface area contributed by atoms with E-state index >= 15 is 0 Å². The van der Waals surface area contributed by atoms with Crippen LogP contribution in [-0.4, -0.2) is 32.1 Å². The van der Waals surface area contributed by atoms with E-state index in [4.69, 9.17) is 9.47 Å². The molecule has 0 aliphatic heterocycles. The minimum absolute atomic E-state index is 0.0176. The van der Waals surface area contributed by atoms with Crippen molar-refractivity contribution in [2.45, 2.75) is 25.7 Å². The molecule has 3 atom stereocenters. The molecule has 1 aromatic carbocycles. The van der Waals surface area contributed by atoms with Gasteiger partial charge in [0.2, 0.25) is 5.91 Å². The summed E-state index contributed by atoms with van der Waals surface area (Å²) in [4.78, 5) is 36.3. The standard InChI is InChI=1S/C18H21NO5/c1-23-17(21)12-5-6-13(18(22)24-2)15(9-12)19-16(20)14-8-10-3-4-11(14)7-10/h5-6,9-11,14H,3-4,7-8H2,1-2H3,(H,19,20)/t10-,11-,14+/m1/s1. The molecular formula is C18H21NO5. The number of hydrogen-bond donors (Lipinski definition) is 1. The maximum Gasteiger partial charge on any atom is 0.339 e. The highest BCUT2D eigenvalue weighted by atomic mass is 16.5. The molecule has 0 aromatic heterocycles. The molecule has 1 N–H and O–H groups in total. The molecule has 2 saturated carbocycles. The average Bonchev–Trinajstić information content (AvgIpc) is 3.23. The molecule has 0 unspecified atom stereocenters. The first-order valence-electron chi connectivity index (χ1n) is 8.15. The third kappa shape index (κ3) is 3.00. The summed E-state index contributed by atoms with van der Waals surface area (Å²) in [5, 5.41) is 2.82. The second kappa shape index (κ2) is 6.63. The van der Waals surface area contributed by atoms with Gasteiger partial charge in [-0.1, -0.05) is 6.42 Å². The number of anilines is 1. The van der Waals surface area contributed by atoms with Crippen LogP contribution in [0.15, 0.2) is 18.2 Å². The van der Waals surface area contributed by atoms with Crippen LogP contribution in [0.25, 0.3) is 0 Å². The Morgan fingerprint density at radius 1 is 1.04 bits per heavy atom. The van der Waals surface area contributed by atoms with Crippen molar-refractivity contribution in [3.05, 3.63) is 29.3 Å². The van der Waals surface area contributed by atoms with Crippen LogP contribution in [0, 0.1) is 17.8 Å². The number of nitrogens with one attached hydrogen (secondary N) is 1. The number of carbonyl (C=O) groups excluding carboxylic acids is 3. The summed E-state index contributed by atoms with van der Waals surface area (Å²) in [7, 11) is 2.56. The highest BCUT2D eigenvalue weighted by Crippen LogP contribution is 2.48. The fourth-order valence-corrected chi connectivity index (χ4v) is 3.97. The van der Waals surface area contributed by atoms with E-state index in [1.54, 1.807) is 0 Å². The molecule has 1 aromatic rings. The molecule has 3 rings (SSSR count). The maximum absolute atomic E-state index is 12.6. The molecule has 2 aliphatic carbocycles. The Bertz CT molecular complexity index is 684. The molecule has 0 spiro atoms.